The number of morpholine rings is 1. The summed E-state index contributed by atoms with van der Waals surface area (Å²) in [6.07, 6.45) is 1.78. The molecule has 0 saturated carbocycles. The van der Waals surface area contributed by atoms with E-state index in [-0.39, 0.29) is 0 Å². The molecule has 0 aromatic carbocycles. The summed E-state index contributed by atoms with van der Waals surface area (Å²) in [5.74, 6) is 0. The van der Waals surface area contributed by atoms with Gasteiger partial charge in [-0.15, -0.1) is 11.8 Å². The van der Waals surface area contributed by atoms with E-state index in [1.807, 2.05) is 4.90 Å². The molecule has 0 radical (unpaired) electrons. The zero-order valence-electron chi connectivity index (χ0n) is 7.49. The highest BCUT2D eigenvalue weighted by Gasteiger charge is 2.37. The summed E-state index contributed by atoms with van der Waals surface area (Å²) in [5, 5.41) is 17.9. The smallest absolute Gasteiger partial charge is 0.243 e. The van der Waals surface area contributed by atoms with E-state index < -0.39 is 4.87 Å². The van der Waals surface area contributed by atoms with Crippen LogP contribution in [0.15, 0.2) is 0 Å². The summed E-state index contributed by atoms with van der Waals surface area (Å²) >= 11 is 1.27. The van der Waals surface area contributed by atoms with Crippen LogP contribution in [0.3, 0.4) is 0 Å². The van der Waals surface area contributed by atoms with Crippen LogP contribution in [0.1, 0.15) is 0 Å². The summed E-state index contributed by atoms with van der Waals surface area (Å²) in [6, 6.07) is 4.11. The third kappa shape index (κ3) is 1.94. The number of ether oxygens (including phenoxy) is 1. The van der Waals surface area contributed by atoms with Gasteiger partial charge in [-0.05, 0) is 6.26 Å². The van der Waals surface area contributed by atoms with Gasteiger partial charge in [0.05, 0.1) is 13.2 Å². The SMILES string of the molecule is CSC(C#N)(C#N)N1CCOCC1. The van der Waals surface area contributed by atoms with Gasteiger partial charge in [0.25, 0.3) is 0 Å². The first-order valence-electron chi connectivity index (χ1n) is 3.99. The maximum absolute atomic E-state index is 8.95. The lowest BCUT2D eigenvalue weighted by molar-refractivity contribution is 0.0296. The Balaban J connectivity index is 2.76. The second-order valence-electron chi connectivity index (χ2n) is 2.67. The predicted octanol–water partition coefficient (Wildman–Crippen LogP) is 0.425. The van der Waals surface area contributed by atoms with Gasteiger partial charge >= 0.3 is 0 Å². The average Bonchev–Trinajstić information content (AvgIpc) is 2.23. The van der Waals surface area contributed by atoms with Crippen LogP contribution >= 0.6 is 11.8 Å². The molecule has 0 bridgehead atoms. The molecule has 1 aliphatic heterocycles. The zero-order chi connectivity index (χ0) is 9.73. The first-order chi connectivity index (χ1) is 6.29. The van der Waals surface area contributed by atoms with Crippen LogP contribution in [0, 0.1) is 22.7 Å². The third-order valence-corrected chi connectivity index (χ3v) is 3.09. The maximum Gasteiger partial charge on any atom is 0.243 e. The van der Waals surface area contributed by atoms with Crippen molar-refractivity contribution in [1.29, 1.82) is 10.5 Å². The topological polar surface area (TPSA) is 60.0 Å². The summed E-state index contributed by atoms with van der Waals surface area (Å²) in [5.41, 5.74) is 0. The van der Waals surface area contributed by atoms with Gasteiger partial charge in [0, 0.05) is 13.1 Å². The van der Waals surface area contributed by atoms with E-state index in [1.54, 1.807) is 6.26 Å². The van der Waals surface area contributed by atoms with E-state index in [9.17, 15) is 0 Å². The van der Waals surface area contributed by atoms with Crippen LogP contribution < -0.4 is 0 Å². The number of nitrogens with zero attached hydrogens (tertiary/aromatic N) is 3. The van der Waals surface area contributed by atoms with Gasteiger partial charge in [0.2, 0.25) is 4.87 Å². The van der Waals surface area contributed by atoms with Gasteiger partial charge in [0.1, 0.15) is 12.1 Å². The fraction of sp³-hybridized carbons (Fsp3) is 0.750. The van der Waals surface area contributed by atoms with E-state index in [1.165, 1.54) is 11.8 Å². The predicted molar refractivity (Wildman–Crippen MR) is 49.9 cm³/mol. The molecule has 13 heavy (non-hydrogen) atoms. The summed E-state index contributed by atoms with van der Waals surface area (Å²) < 4.78 is 5.16. The molecule has 0 spiro atoms. The van der Waals surface area contributed by atoms with Crippen molar-refractivity contribution in [2.24, 2.45) is 0 Å². The van der Waals surface area contributed by atoms with Crippen LogP contribution in [-0.2, 0) is 4.74 Å². The molecule has 1 rings (SSSR count). The Morgan fingerprint density at radius 1 is 1.31 bits per heavy atom. The Morgan fingerprint density at radius 3 is 2.23 bits per heavy atom. The number of thioether (sulfide) groups is 1. The molecule has 0 aliphatic carbocycles. The molecular formula is C8H11N3OS. The minimum absolute atomic E-state index is 0.603. The molecule has 4 nitrogen and oxygen atoms in total. The van der Waals surface area contributed by atoms with Crippen molar-refractivity contribution in [3.8, 4) is 12.1 Å². The highest BCUT2D eigenvalue weighted by molar-refractivity contribution is 8.00. The van der Waals surface area contributed by atoms with Crippen LogP contribution in [0.2, 0.25) is 0 Å². The lowest BCUT2D eigenvalue weighted by atomic mass is 10.2. The Hall–Kier alpha value is -0.750. The highest BCUT2D eigenvalue weighted by atomic mass is 32.2. The van der Waals surface area contributed by atoms with E-state index >= 15 is 0 Å². The summed E-state index contributed by atoms with van der Waals surface area (Å²) in [7, 11) is 0. The van der Waals surface area contributed by atoms with Crippen LogP contribution in [0.25, 0.3) is 0 Å². The molecule has 1 aliphatic rings. The number of hydrogen-bond acceptors (Lipinski definition) is 5. The molecule has 0 amide bonds. The van der Waals surface area contributed by atoms with E-state index in [2.05, 4.69) is 12.1 Å². The molecule has 0 aromatic heterocycles. The Bertz CT molecular complexity index is 235. The van der Waals surface area contributed by atoms with Crippen molar-refractivity contribution in [3.05, 3.63) is 0 Å². The lowest BCUT2D eigenvalue weighted by Crippen LogP contribution is -2.49. The molecule has 0 unspecified atom stereocenters. The Morgan fingerprint density at radius 2 is 1.85 bits per heavy atom. The normalized spacial score (nSPS) is 19.0. The molecule has 1 heterocycles. The number of hydrogen-bond donors (Lipinski definition) is 0. The number of rotatable bonds is 2. The first-order valence-corrected chi connectivity index (χ1v) is 5.22. The van der Waals surface area contributed by atoms with Gasteiger partial charge in [-0.2, -0.15) is 10.5 Å². The number of nitriles is 2. The van der Waals surface area contributed by atoms with Crippen molar-refractivity contribution in [1.82, 2.24) is 4.90 Å². The van der Waals surface area contributed by atoms with E-state index in [0.717, 1.165) is 0 Å². The second-order valence-corrected chi connectivity index (χ2v) is 3.67. The third-order valence-electron chi connectivity index (χ3n) is 2.05. The molecule has 0 aromatic rings. The zero-order valence-corrected chi connectivity index (χ0v) is 8.30. The van der Waals surface area contributed by atoms with Crippen LogP contribution in [-0.4, -0.2) is 42.3 Å². The fourth-order valence-electron chi connectivity index (χ4n) is 1.27. The van der Waals surface area contributed by atoms with E-state index in [4.69, 9.17) is 15.3 Å². The van der Waals surface area contributed by atoms with Crippen LogP contribution in [0.4, 0.5) is 0 Å². The molecule has 5 heteroatoms. The molecule has 1 saturated heterocycles. The monoisotopic (exact) mass is 197 g/mol. The van der Waals surface area contributed by atoms with Gasteiger partial charge in [-0.1, -0.05) is 0 Å². The fourth-order valence-corrected chi connectivity index (χ4v) is 1.89. The molecule has 0 N–H and O–H groups in total. The van der Waals surface area contributed by atoms with Crippen molar-refractivity contribution in [3.63, 3.8) is 0 Å². The van der Waals surface area contributed by atoms with Crippen molar-refractivity contribution < 1.29 is 4.74 Å². The standard InChI is InChI=1S/C8H11N3OS/c1-13-8(6-9,7-10)11-2-4-12-5-3-11/h2-5H2,1H3. The van der Waals surface area contributed by atoms with Crippen molar-refractivity contribution in [2.75, 3.05) is 32.6 Å². The largest absolute Gasteiger partial charge is 0.379 e. The molecule has 1 fully saturated rings. The quantitative estimate of drug-likeness (QED) is 0.642. The molecular weight excluding hydrogens is 186 g/mol. The first kappa shape index (κ1) is 10.3. The lowest BCUT2D eigenvalue weighted by Gasteiger charge is -2.34. The Labute approximate surface area is 82.1 Å². The second kappa shape index (κ2) is 4.48. The minimum atomic E-state index is -1.02. The van der Waals surface area contributed by atoms with Gasteiger partial charge in [0.15, 0.2) is 0 Å². The summed E-state index contributed by atoms with van der Waals surface area (Å²) in [6.45, 7) is 2.52. The summed E-state index contributed by atoms with van der Waals surface area (Å²) in [4.78, 5) is 0.838. The van der Waals surface area contributed by atoms with E-state index in [0.29, 0.717) is 26.3 Å². The molecule has 70 valence electrons. The highest BCUT2D eigenvalue weighted by Crippen LogP contribution is 2.26. The minimum Gasteiger partial charge on any atom is -0.379 e. The molecule has 0 atom stereocenters. The maximum atomic E-state index is 8.95. The Kier molecular flexibility index (Phi) is 3.56. The van der Waals surface area contributed by atoms with Gasteiger partial charge < -0.3 is 4.74 Å². The van der Waals surface area contributed by atoms with Gasteiger partial charge in [-0.25, -0.2) is 0 Å². The van der Waals surface area contributed by atoms with Gasteiger partial charge in [-0.3, -0.25) is 4.90 Å². The van der Waals surface area contributed by atoms with Crippen molar-refractivity contribution in [2.45, 2.75) is 4.87 Å². The van der Waals surface area contributed by atoms with Crippen LogP contribution in [0.5, 0.6) is 0 Å². The average molecular weight is 197 g/mol. The van der Waals surface area contributed by atoms with Crippen molar-refractivity contribution >= 4 is 11.8 Å².